The van der Waals surface area contributed by atoms with Gasteiger partial charge in [-0.3, -0.25) is 4.72 Å². The first-order valence-electron chi connectivity index (χ1n) is 5.88. The van der Waals surface area contributed by atoms with Crippen LogP contribution in [0.3, 0.4) is 0 Å². The molecule has 0 saturated heterocycles. The molecule has 4 nitrogen and oxygen atoms in total. The molecule has 0 heterocycles. The Morgan fingerprint density at radius 2 is 1.80 bits per heavy atom. The Labute approximate surface area is 126 Å². The van der Waals surface area contributed by atoms with Gasteiger partial charge in [0.05, 0.1) is 10.6 Å². The van der Waals surface area contributed by atoms with Crippen molar-refractivity contribution >= 4 is 31.6 Å². The molecular formula is C14H14BrNO3S. The average molecular weight is 356 g/mol. The molecule has 0 fully saturated rings. The van der Waals surface area contributed by atoms with Crippen LogP contribution >= 0.6 is 15.9 Å². The van der Waals surface area contributed by atoms with E-state index in [4.69, 9.17) is 0 Å². The quantitative estimate of drug-likeness (QED) is 0.827. The number of rotatable bonds is 3. The summed E-state index contributed by atoms with van der Waals surface area (Å²) in [6, 6.07) is 9.77. The lowest BCUT2D eigenvalue weighted by molar-refractivity contribution is 0.477. The molecule has 0 bridgehead atoms. The second kappa shape index (κ2) is 5.46. The van der Waals surface area contributed by atoms with Crippen LogP contribution in [-0.4, -0.2) is 13.5 Å². The van der Waals surface area contributed by atoms with Crippen molar-refractivity contribution < 1.29 is 13.5 Å². The summed E-state index contributed by atoms with van der Waals surface area (Å²) in [5.74, 6) is -0.123. The van der Waals surface area contributed by atoms with E-state index in [-0.39, 0.29) is 16.3 Å². The molecule has 0 aliphatic heterocycles. The Balaban J connectivity index is 2.46. The van der Waals surface area contributed by atoms with E-state index in [9.17, 15) is 13.5 Å². The molecule has 2 N–H and O–H groups in total. The molecule has 0 aromatic heterocycles. The molecule has 0 unspecified atom stereocenters. The largest absolute Gasteiger partial charge is 0.506 e. The molecule has 0 aliphatic rings. The van der Waals surface area contributed by atoms with E-state index < -0.39 is 10.0 Å². The monoisotopic (exact) mass is 355 g/mol. The van der Waals surface area contributed by atoms with Gasteiger partial charge in [0.25, 0.3) is 10.0 Å². The molecule has 20 heavy (non-hydrogen) atoms. The Hall–Kier alpha value is -1.53. The fourth-order valence-electron chi connectivity index (χ4n) is 1.79. The number of sulfonamides is 1. The second-order valence-electron chi connectivity index (χ2n) is 4.54. The molecule has 0 saturated carbocycles. The van der Waals surface area contributed by atoms with E-state index in [1.165, 1.54) is 12.1 Å². The highest BCUT2D eigenvalue weighted by atomic mass is 79.9. The Morgan fingerprint density at radius 1 is 1.10 bits per heavy atom. The van der Waals surface area contributed by atoms with Gasteiger partial charge in [0.2, 0.25) is 0 Å². The van der Waals surface area contributed by atoms with Crippen LogP contribution in [0, 0.1) is 13.8 Å². The first-order valence-corrected chi connectivity index (χ1v) is 8.16. The van der Waals surface area contributed by atoms with Crippen molar-refractivity contribution in [1.82, 2.24) is 0 Å². The van der Waals surface area contributed by atoms with Gasteiger partial charge < -0.3 is 5.11 Å². The fraction of sp³-hybridized carbons (Fsp3) is 0.143. The Bertz CT molecular complexity index is 757. The van der Waals surface area contributed by atoms with Gasteiger partial charge in [0, 0.05) is 4.47 Å². The van der Waals surface area contributed by atoms with Gasteiger partial charge in [-0.2, -0.15) is 0 Å². The molecule has 0 aliphatic carbocycles. The third-order valence-corrected chi connectivity index (χ3v) is 4.84. The summed E-state index contributed by atoms with van der Waals surface area (Å²) < 4.78 is 27.9. The smallest absolute Gasteiger partial charge is 0.262 e. The highest BCUT2D eigenvalue weighted by molar-refractivity contribution is 9.10. The van der Waals surface area contributed by atoms with Gasteiger partial charge in [-0.05, 0) is 49.2 Å². The van der Waals surface area contributed by atoms with Gasteiger partial charge in [0.1, 0.15) is 5.75 Å². The van der Waals surface area contributed by atoms with Crippen LogP contribution in [0.25, 0.3) is 0 Å². The number of hydrogen-bond acceptors (Lipinski definition) is 3. The second-order valence-corrected chi connectivity index (χ2v) is 7.10. The van der Waals surface area contributed by atoms with Crippen molar-refractivity contribution in [1.29, 1.82) is 0 Å². The van der Waals surface area contributed by atoms with Crippen molar-refractivity contribution in [2.75, 3.05) is 4.72 Å². The predicted octanol–water partition coefficient (Wildman–Crippen LogP) is 3.57. The number of nitrogens with one attached hydrogen (secondary N) is 1. The topological polar surface area (TPSA) is 66.4 Å². The number of benzene rings is 2. The minimum absolute atomic E-state index is 0.123. The third-order valence-electron chi connectivity index (χ3n) is 2.84. The number of aryl methyl sites for hydroxylation is 2. The number of hydrogen-bond donors (Lipinski definition) is 2. The van der Waals surface area contributed by atoms with Crippen molar-refractivity contribution in [3.8, 4) is 5.75 Å². The summed E-state index contributed by atoms with van der Waals surface area (Å²) in [7, 11) is -3.74. The number of anilines is 1. The summed E-state index contributed by atoms with van der Waals surface area (Å²) in [6.07, 6.45) is 0. The van der Waals surface area contributed by atoms with Crippen molar-refractivity contribution in [3.05, 3.63) is 52.0 Å². The van der Waals surface area contributed by atoms with Gasteiger partial charge in [-0.1, -0.05) is 28.1 Å². The highest BCUT2D eigenvalue weighted by Gasteiger charge is 2.18. The van der Waals surface area contributed by atoms with Crippen LogP contribution in [0.4, 0.5) is 5.69 Å². The summed E-state index contributed by atoms with van der Waals surface area (Å²) >= 11 is 3.24. The summed E-state index contributed by atoms with van der Waals surface area (Å²) in [5.41, 5.74) is 1.65. The molecular weight excluding hydrogens is 342 g/mol. The molecule has 106 valence electrons. The van der Waals surface area contributed by atoms with Crippen LogP contribution < -0.4 is 4.72 Å². The van der Waals surface area contributed by atoms with E-state index >= 15 is 0 Å². The van der Waals surface area contributed by atoms with Gasteiger partial charge >= 0.3 is 0 Å². The maximum Gasteiger partial charge on any atom is 0.262 e. The van der Waals surface area contributed by atoms with Crippen molar-refractivity contribution in [2.45, 2.75) is 18.7 Å². The van der Waals surface area contributed by atoms with Crippen LogP contribution in [0.1, 0.15) is 11.1 Å². The molecule has 0 radical (unpaired) electrons. The van der Waals surface area contributed by atoms with E-state index in [2.05, 4.69) is 20.7 Å². The molecule has 2 aromatic rings. The third kappa shape index (κ3) is 3.13. The van der Waals surface area contributed by atoms with Crippen LogP contribution in [0.5, 0.6) is 5.75 Å². The van der Waals surface area contributed by atoms with Gasteiger partial charge in [0.15, 0.2) is 0 Å². The average Bonchev–Trinajstić information content (AvgIpc) is 2.36. The first-order chi connectivity index (χ1) is 9.29. The maximum absolute atomic E-state index is 12.4. The zero-order valence-corrected chi connectivity index (χ0v) is 13.4. The molecule has 0 amide bonds. The number of phenolic OH excluding ortho intramolecular Hbond substituents is 1. The minimum atomic E-state index is -3.74. The van der Waals surface area contributed by atoms with Crippen molar-refractivity contribution in [3.63, 3.8) is 0 Å². The maximum atomic E-state index is 12.4. The molecule has 0 spiro atoms. The number of phenols is 1. The molecule has 2 rings (SSSR count). The van der Waals surface area contributed by atoms with Gasteiger partial charge in [-0.25, -0.2) is 8.42 Å². The fourth-order valence-corrected chi connectivity index (χ4v) is 3.54. The van der Waals surface area contributed by atoms with Crippen LogP contribution in [0.2, 0.25) is 0 Å². The SMILES string of the molecule is Cc1ccc(C)c(S(=O)(=O)Nc2cc(Br)ccc2O)c1. The van der Waals surface area contributed by atoms with E-state index in [0.717, 1.165) is 5.56 Å². The van der Waals surface area contributed by atoms with Crippen molar-refractivity contribution in [2.24, 2.45) is 0 Å². The first kappa shape index (κ1) is 14.9. The normalized spacial score (nSPS) is 11.3. The zero-order chi connectivity index (χ0) is 14.9. The zero-order valence-electron chi connectivity index (χ0n) is 11.0. The summed E-state index contributed by atoms with van der Waals surface area (Å²) in [6.45, 7) is 3.56. The van der Waals surface area contributed by atoms with E-state index in [1.807, 2.05) is 13.0 Å². The molecule has 2 aromatic carbocycles. The minimum Gasteiger partial charge on any atom is -0.506 e. The molecule has 0 atom stereocenters. The Kier molecular flexibility index (Phi) is 4.06. The lowest BCUT2D eigenvalue weighted by Gasteiger charge is -2.12. The van der Waals surface area contributed by atoms with Crippen LogP contribution in [-0.2, 0) is 10.0 Å². The summed E-state index contributed by atoms with van der Waals surface area (Å²) in [5, 5.41) is 9.72. The lowest BCUT2D eigenvalue weighted by Crippen LogP contribution is -2.14. The van der Waals surface area contributed by atoms with Crippen LogP contribution in [0.15, 0.2) is 45.8 Å². The molecule has 6 heteroatoms. The van der Waals surface area contributed by atoms with Gasteiger partial charge in [-0.15, -0.1) is 0 Å². The van der Waals surface area contributed by atoms with E-state index in [0.29, 0.717) is 10.0 Å². The lowest BCUT2D eigenvalue weighted by atomic mass is 10.2. The number of aromatic hydroxyl groups is 1. The summed E-state index contributed by atoms with van der Waals surface area (Å²) in [4.78, 5) is 0.205. The standard InChI is InChI=1S/C14H14BrNO3S/c1-9-3-4-10(2)14(7-9)20(18,19)16-12-8-11(15)5-6-13(12)17/h3-8,16-17H,1-2H3. The van der Waals surface area contributed by atoms with E-state index in [1.54, 1.807) is 25.1 Å². The predicted molar refractivity (Wildman–Crippen MR) is 82.5 cm³/mol. The Morgan fingerprint density at radius 3 is 2.50 bits per heavy atom. The highest BCUT2D eigenvalue weighted by Crippen LogP contribution is 2.29. The number of halogens is 1.